The maximum atomic E-state index is 5.85. The molecule has 1 aromatic rings. The Kier molecular flexibility index (Phi) is 4.59. The van der Waals surface area contributed by atoms with Crippen molar-refractivity contribution in [3.05, 3.63) is 11.1 Å². The first-order valence-corrected chi connectivity index (χ1v) is 7.66. The van der Waals surface area contributed by atoms with Crippen molar-refractivity contribution in [3.63, 3.8) is 0 Å². The van der Waals surface area contributed by atoms with E-state index in [2.05, 4.69) is 34.1 Å². The fourth-order valence-electron chi connectivity index (χ4n) is 2.57. The number of nitrogens with zero attached hydrogens (tertiary/aromatic N) is 3. The molecule has 1 aliphatic rings. The van der Waals surface area contributed by atoms with Crippen molar-refractivity contribution >= 4 is 16.5 Å². The van der Waals surface area contributed by atoms with E-state index in [1.165, 1.54) is 19.4 Å². The highest BCUT2D eigenvalue weighted by Crippen LogP contribution is 2.24. The van der Waals surface area contributed by atoms with Gasteiger partial charge in [0.05, 0.1) is 5.69 Å². The first-order valence-electron chi connectivity index (χ1n) is 6.78. The molecular weight excluding hydrogens is 244 g/mol. The van der Waals surface area contributed by atoms with E-state index in [0.29, 0.717) is 6.04 Å². The van der Waals surface area contributed by atoms with Crippen LogP contribution in [0.2, 0.25) is 0 Å². The van der Waals surface area contributed by atoms with E-state index >= 15 is 0 Å². The first-order chi connectivity index (χ1) is 8.61. The number of likely N-dealkylation sites (N-methyl/N-ethyl adjacent to an activating group) is 2. The van der Waals surface area contributed by atoms with E-state index in [0.717, 1.165) is 23.9 Å². The van der Waals surface area contributed by atoms with Crippen LogP contribution in [0, 0.1) is 0 Å². The number of rotatable bonds is 5. The average molecular weight is 268 g/mol. The lowest BCUT2D eigenvalue weighted by Crippen LogP contribution is -2.38. The number of hydrogen-bond donors (Lipinski definition) is 1. The second-order valence-corrected chi connectivity index (χ2v) is 5.99. The van der Waals surface area contributed by atoms with Gasteiger partial charge in [0.2, 0.25) is 0 Å². The van der Waals surface area contributed by atoms with Crippen molar-refractivity contribution in [3.8, 4) is 0 Å². The number of aromatic nitrogens is 1. The summed E-state index contributed by atoms with van der Waals surface area (Å²) in [7, 11) is 2.13. The second-order valence-electron chi connectivity index (χ2n) is 5.15. The molecule has 0 amide bonds. The summed E-state index contributed by atoms with van der Waals surface area (Å²) >= 11 is 1.69. The van der Waals surface area contributed by atoms with Crippen LogP contribution in [0.1, 0.15) is 38.4 Å². The molecule has 1 aliphatic heterocycles. The minimum absolute atomic E-state index is 0.0296. The zero-order valence-electron chi connectivity index (χ0n) is 11.6. The van der Waals surface area contributed by atoms with Gasteiger partial charge in [0.15, 0.2) is 5.13 Å². The summed E-state index contributed by atoms with van der Waals surface area (Å²) in [5.41, 5.74) is 6.85. The molecule has 18 heavy (non-hydrogen) atoms. The van der Waals surface area contributed by atoms with Crippen molar-refractivity contribution in [1.82, 2.24) is 9.88 Å². The number of thiazole rings is 1. The molecule has 2 atom stereocenters. The van der Waals surface area contributed by atoms with E-state index in [-0.39, 0.29) is 6.04 Å². The molecule has 0 radical (unpaired) electrons. The summed E-state index contributed by atoms with van der Waals surface area (Å²) in [4.78, 5) is 9.44. The third-order valence-corrected chi connectivity index (χ3v) is 4.67. The lowest BCUT2D eigenvalue weighted by atomic mass is 10.2. The van der Waals surface area contributed by atoms with Crippen LogP contribution in [-0.2, 0) is 0 Å². The summed E-state index contributed by atoms with van der Waals surface area (Å²) < 4.78 is 0. The third-order valence-electron chi connectivity index (χ3n) is 3.69. The van der Waals surface area contributed by atoms with Crippen molar-refractivity contribution in [1.29, 1.82) is 0 Å². The van der Waals surface area contributed by atoms with Crippen LogP contribution >= 0.6 is 11.3 Å². The van der Waals surface area contributed by atoms with Gasteiger partial charge in [-0.15, -0.1) is 11.3 Å². The average Bonchev–Trinajstić information content (AvgIpc) is 2.96. The number of likely N-dealkylation sites (tertiary alicyclic amines) is 1. The Bertz CT molecular complexity index is 377. The maximum absolute atomic E-state index is 5.85. The fourth-order valence-corrected chi connectivity index (χ4v) is 3.48. The molecular formula is C13H24N4S. The van der Waals surface area contributed by atoms with Gasteiger partial charge < -0.3 is 10.6 Å². The van der Waals surface area contributed by atoms with Crippen LogP contribution < -0.4 is 10.6 Å². The zero-order valence-corrected chi connectivity index (χ0v) is 12.4. The lowest BCUT2D eigenvalue weighted by Gasteiger charge is -2.27. The van der Waals surface area contributed by atoms with E-state index in [4.69, 9.17) is 5.73 Å². The predicted octanol–water partition coefficient (Wildman–Crippen LogP) is 2.08. The number of nitrogens with two attached hydrogens (primary N) is 1. The maximum Gasteiger partial charge on any atom is 0.185 e. The summed E-state index contributed by atoms with van der Waals surface area (Å²) in [6.45, 7) is 7.70. The highest BCUT2D eigenvalue weighted by atomic mass is 32.1. The molecule has 2 rings (SSSR count). The second kappa shape index (κ2) is 5.99. The van der Waals surface area contributed by atoms with Gasteiger partial charge in [0.25, 0.3) is 0 Å². The molecule has 5 heteroatoms. The van der Waals surface area contributed by atoms with Crippen LogP contribution in [0.3, 0.4) is 0 Å². The molecule has 2 heterocycles. The molecule has 0 aliphatic carbocycles. The Morgan fingerprint density at radius 3 is 3.06 bits per heavy atom. The van der Waals surface area contributed by atoms with Gasteiger partial charge in [-0.3, -0.25) is 4.90 Å². The molecule has 0 saturated carbocycles. The van der Waals surface area contributed by atoms with Gasteiger partial charge in [-0.1, -0.05) is 6.92 Å². The van der Waals surface area contributed by atoms with Crippen molar-refractivity contribution in [2.45, 2.75) is 38.8 Å². The van der Waals surface area contributed by atoms with E-state index in [1.807, 2.05) is 6.92 Å². The molecule has 0 spiro atoms. The molecule has 0 bridgehead atoms. The zero-order chi connectivity index (χ0) is 13.1. The molecule has 4 nitrogen and oxygen atoms in total. The first kappa shape index (κ1) is 13.8. The summed E-state index contributed by atoms with van der Waals surface area (Å²) in [5.74, 6) is 0. The third kappa shape index (κ3) is 3.02. The normalized spacial score (nSPS) is 22.3. The van der Waals surface area contributed by atoms with E-state index < -0.39 is 0 Å². The van der Waals surface area contributed by atoms with Crippen molar-refractivity contribution in [2.24, 2.45) is 5.73 Å². The SMILES string of the molecule is CCN1CCCC1CN(C)c1nc(C(C)N)cs1. The van der Waals surface area contributed by atoms with Gasteiger partial charge in [0.1, 0.15) is 0 Å². The van der Waals surface area contributed by atoms with E-state index in [1.54, 1.807) is 11.3 Å². The monoisotopic (exact) mass is 268 g/mol. The van der Waals surface area contributed by atoms with Crippen LogP contribution in [-0.4, -0.2) is 42.6 Å². The van der Waals surface area contributed by atoms with Gasteiger partial charge in [0, 0.05) is 31.1 Å². The van der Waals surface area contributed by atoms with Gasteiger partial charge in [-0.2, -0.15) is 0 Å². The Hall–Kier alpha value is -0.650. The van der Waals surface area contributed by atoms with Crippen LogP contribution in [0.25, 0.3) is 0 Å². The Morgan fingerprint density at radius 2 is 2.44 bits per heavy atom. The number of hydrogen-bond acceptors (Lipinski definition) is 5. The van der Waals surface area contributed by atoms with E-state index in [9.17, 15) is 0 Å². The quantitative estimate of drug-likeness (QED) is 0.888. The minimum atomic E-state index is 0.0296. The topological polar surface area (TPSA) is 45.4 Å². The van der Waals surface area contributed by atoms with Gasteiger partial charge in [-0.25, -0.2) is 4.98 Å². The molecule has 1 saturated heterocycles. The molecule has 1 aromatic heterocycles. The Morgan fingerprint density at radius 1 is 1.67 bits per heavy atom. The summed E-state index contributed by atoms with van der Waals surface area (Å²) in [6, 6.07) is 0.713. The molecule has 1 fully saturated rings. The highest BCUT2D eigenvalue weighted by molar-refractivity contribution is 7.13. The largest absolute Gasteiger partial charge is 0.350 e. The Labute approximate surface area is 114 Å². The Balaban J connectivity index is 1.96. The summed E-state index contributed by atoms with van der Waals surface area (Å²) in [5, 5.41) is 3.16. The van der Waals surface area contributed by atoms with Crippen LogP contribution in [0.15, 0.2) is 5.38 Å². The minimum Gasteiger partial charge on any atom is -0.350 e. The van der Waals surface area contributed by atoms with Crippen LogP contribution in [0.4, 0.5) is 5.13 Å². The van der Waals surface area contributed by atoms with Gasteiger partial charge in [-0.05, 0) is 32.9 Å². The molecule has 0 aromatic carbocycles. The number of anilines is 1. The van der Waals surface area contributed by atoms with Crippen LogP contribution in [0.5, 0.6) is 0 Å². The summed E-state index contributed by atoms with van der Waals surface area (Å²) in [6.07, 6.45) is 2.64. The molecule has 2 N–H and O–H groups in total. The van der Waals surface area contributed by atoms with Gasteiger partial charge >= 0.3 is 0 Å². The smallest absolute Gasteiger partial charge is 0.185 e. The predicted molar refractivity (Wildman–Crippen MR) is 78.3 cm³/mol. The molecule has 2 unspecified atom stereocenters. The van der Waals surface area contributed by atoms with Crippen molar-refractivity contribution < 1.29 is 0 Å². The molecule has 102 valence electrons. The fraction of sp³-hybridized carbons (Fsp3) is 0.769. The lowest BCUT2D eigenvalue weighted by molar-refractivity contribution is 0.270. The highest BCUT2D eigenvalue weighted by Gasteiger charge is 2.24. The standard InChI is InChI=1S/C13H24N4S/c1-4-17-7-5-6-11(17)8-16(3)13-15-12(9-18-13)10(2)14/h9-11H,4-8,14H2,1-3H3. The van der Waals surface area contributed by atoms with Crippen molar-refractivity contribution in [2.75, 3.05) is 31.6 Å².